The van der Waals surface area contributed by atoms with Gasteiger partial charge in [-0.1, -0.05) is 67.1 Å². The van der Waals surface area contributed by atoms with Crippen molar-refractivity contribution in [2.24, 2.45) is 4.99 Å². The van der Waals surface area contributed by atoms with Gasteiger partial charge in [0.15, 0.2) is 5.17 Å². The molecule has 1 saturated carbocycles. The normalized spacial score (nSPS) is 17.7. The Balaban J connectivity index is 1.50. The van der Waals surface area contributed by atoms with E-state index >= 15 is 0 Å². The van der Waals surface area contributed by atoms with Gasteiger partial charge in [0.2, 0.25) is 5.91 Å². The maximum atomic E-state index is 13.2. The van der Waals surface area contributed by atoms with Crippen molar-refractivity contribution in [2.45, 2.75) is 38.3 Å². The first-order valence-corrected chi connectivity index (χ1v) is 11.8. The quantitative estimate of drug-likeness (QED) is 0.643. The molecule has 1 aliphatic heterocycles. The summed E-state index contributed by atoms with van der Waals surface area (Å²) >= 11 is 1.31. The highest BCUT2D eigenvalue weighted by Crippen LogP contribution is 2.26. The van der Waals surface area contributed by atoms with E-state index in [0.717, 1.165) is 29.7 Å². The molecule has 0 radical (unpaired) electrons. The Morgan fingerprint density at radius 3 is 2.56 bits per heavy atom. The van der Waals surface area contributed by atoms with Gasteiger partial charge in [-0.2, -0.15) is 0 Å². The monoisotopic (exact) mass is 449 g/mol. The number of nitrogens with one attached hydrogen (secondary N) is 1. The van der Waals surface area contributed by atoms with E-state index in [0.29, 0.717) is 17.4 Å². The molecule has 0 bridgehead atoms. The molecule has 6 nitrogen and oxygen atoms in total. The van der Waals surface area contributed by atoms with Gasteiger partial charge in [-0.25, -0.2) is 4.99 Å². The fraction of sp³-hybridized carbons (Fsp3) is 0.320. The van der Waals surface area contributed by atoms with E-state index in [9.17, 15) is 9.59 Å². The number of hydrogen-bond acceptors (Lipinski definition) is 5. The van der Waals surface area contributed by atoms with E-state index in [1.165, 1.54) is 24.6 Å². The lowest BCUT2D eigenvalue weighted by Gasteiger charge is -2.18. The first-order chi connectivity index (χ1) is 15.6. The molecule has 0 saturated heterocycles. The average Bonchev–Trinajstić information content (AvgIpc) is 3.42. The molecule has 0 atom stereocenters. The van der Waals surface area contributed by atoms with Crippen LogP contribution in [0.1, 0.15) is 36.8 Å². The lowest BCUT2D eigenvalue weighted by Crippen LogP contribution is -2.35. The number of carbonyl (C=O) groups excluding carboxylic acids is 2. The van der Waals surface area contributed by atoms with Gasteiger partial charge in [0, 0.05) is 6.04 Å². The minimum absolute atomic E-state index is 0.00991. The van der Waals surface area contributed by atoms with Crippen LogP contribution >= 0.6 is 11.8 Å². The van der Waals surface area contributed by atoms with Crippen molar-refractivity contribution < 1.29 is 14.3 Å². The Labute approximate surface area is 192 Å². The molecule has 2 amide bonds. The number of aliphatic imine (C=N–C) groups is 1. The number of carbonyl (C=O) groups is 2. The number of amidine groups is 1. The van der Waals surface area contributed by atoms with Crippen LogP contribution in [0.4, 0.5) is 0 Å². The summed E-state index contributed by atoms with van der Waals surface area (Å²) in [5.41, 5.74) is 2.24. The van der Waals surface area contributed by atoms with Crippen LogP contribution in [-0.2, 0) is 16.1 Å². The molecule has 1 N–H and O–H groups in total. The van der Waals surface area contributed by atoms with Crippen LogP contribution in [0.5, 0.6) is 5.75 Å². The van der Waals surface area contributed by atoms with Crippen LogP contribution in [0.2, 0.25) is 0 Å². The number of rotatable bonds is 7. The van der Waals surface area contributed by atoms with Gasteiger partial charge < -0.3 is 10.1 Å². The van der Waals surface area contributed by atoms with Gasteiger partial charge in [-0.15, -0.1) is 0 Å². The predicted octanol–water partition coefficient (Wildman–Crippen LogP) is 4.23. The third-order valence-electron chi connectivity index (χ3n) is 5.57. The maximum Gasteiger partial charge on any atom is 0.278 e. The van der Waals surface area contributed by atoms with Crippen LogP contribution in [0.15, 0.2) is 65.3 Å². The highest BCUT2D eigenvalue weighted by Gasteiger charge is 2.31. The SMILES string of the molecule is COc1ccc(/C=C2\N=C(SCC(=O)NC3CCCC3)N(Cc3ccccc3)C2=O)cc1. The molecule has 1 heterocycles. The number of nitrogens with zero attached hydrogens (tertiary/aromatic N) is 2. The van der Waals surface area contributed by atoms with Gasteiger partial charge >= 0.3 is 0 Å². The Bertz CT molecular complexity index is 1010. The van der Waals surface area contributed by atoms with E-state index in [2.05, 4.69) is 10.3 Å². The summed E-state index contributed by atoms with van der Waals surface area (Å²) in [6.07, 6.45) is 6.20. The first kappa shape index (κ1) is 22.1. The van der Waals surface area contributed by atoms with Crippen molar-refractivity contribution in [3.8, 4) is 5.75 Å². The Hall–Kier alpha value is -3.06. The Kier molecular flexibility index (Phi) is 7.27. The standard InChI is InChI=1S/C25H27N3O3S/c1-31-21-13-11-18(12-14-21)15-22-24(30)28(16-19-7-3-2-4-8-19)25(27-22)32-17-23(29)26-20-9-5-6-10-20/h2-4,7-8,11-15,20H,5-6,9-10,16-17H2,1H3,(H,26,29)/b22-15-. The van der Waals surface area contributed by atoms with Crippen molar-refractivity contribution >= 4 is 34.8 Å². The summed E-state index contributed by atoms with van der Waals surface area (Å²) in [5.74, 6) is 0.820. The Morgan fingerprint density at radius 1 is 1.16 bits per heavy atom. The lowest BCUT2D eigenvalue weighted by atomic mass is 10.1. The molecule has 2 aromatic rings. The van der Waals surface area contributed by atoms with Crippen molar-refractivity contribution in [1.29, 1.82) is 0 Å². The molecule has 166 valence electrons. The van der Waals surface area contributed by atoms with Crippen LogP contribution < -0.4 is 10.1 Å². The molecule has 0 spiro atoms. The third kappa shape index (κ3) is 5.59. The van der Waals surface area contributed by atoms with Gasteiger partial charge in [-0.05, 0) is 42.2 Å². The highest BCUT2D eigenvalue weighted by molar-refractivity contribution is 8.14. The topological polar surface area (TPSA) is 71.0 Å². The van der Waals surface area contributed by atoms with E-state index in [1.54, 1.807) is 18.1 Å². The summed E-state index contributed by atoms with van der Waals surface area (Å²) in [7, 11) is 1.62. The van der Waals surface area contributed by atoms with Gasteiger partial charge in [-0.3, -0.25) is 14.5 Å². The molecule has 0 unspecified atom stereocenters. The number of hydrogen-bond donors (Lipinski definition) is 1. The fourth-order valence-corrected chi connectivity index (χ4v) is 4.68. The zero-order valence-corrected chi connectivity index (χ0v) is 18.9. The van der Waals surface area contributed by atoms with Gasteiger partial charge in [0.25, 0.3) is 5.91 Å². The minimum atomic E-state index is -0.164. The van der Waals surface area contributed by atoms with Crippen LogP contribution in [0.3, 0.4) is 0 Å². The van der Waals surface area contributed by atoms with Crippen LogP contribution in [0, 0.1) is 0 Å². The number of amides is 2. The second-order valence-corrected chi connectivity index (χ2v) is 8.85. The predicted molar refractivity (Wildman–Crippen MR) is 128 cm³/mol. The average molecular weight is 450 g/mol. The van der Waals surface area contributed by atoms with Crippen molar-refractivity contribution in [3.05, 3.63) is 71.4 Å². The molecule has 0 aromatic heterocycles. The zero-order valence-electron chi connectivity index (χ0n) is 18.1. The molecule has 7 heteroatoms. The third-order valence-corrected chi connectivity index (χ3v) is 6.54. The smallest absolute Gasteiger partial charge is 0.278 e. The summed E-state index contributed by atoms with van der Waals surface area (Å²) in [6, 6.07) is 17.5. The molecule has 1 fully saturated rings. The van der Waals surface area contributed by atoms with Crippen LogP contribution in [-0.4, -0.2) is 40.8 Å². The lowest BCUT2D eigenvalue weighted by molar-refractivity contribution is -0.123. The second-order valence-electron chi connectivity index (χ2n) is 7.91. The minimum Gasteiger partial charge on any atom is -0.497 e. The van der Waals surface area contributed by atoms with Crippen molar-refractivity contribution in [3.63, 3.8) is 0 Å². The Morgan fingerprint density at radius 2 is 1.88 bits per heavy atom. The van der Waals surface area contributed by atoms with Crippen molar-refractivity contribution in [2.75, 3.05) is 12.9 Å². The molecule has 2 aliphatic rings. The molecule has 1 aliphatic carbocycles. The number of benzene rings is 2. The van der Waals surface area contributed by atoms with E-state index < -0.39 is 0 Å². The van der Waals surface area contributed by atoms with Crippen molar-refractivity contribution in [1.82, 2.24) is 10.2 Å². The van der Waals surface area contributed by atoms with Gasteiger partial charge in [0.05, 0.1) is 19.4 Å². The second kappa shape index (κ2) is 10.5. The molecule has 4 rings (SSSR count). The summed E-state index contributed by atoms with van der Waals surface area (Å²) in [4.78, 5) is 31.8. The first-order valence-electron chi connectivity index (χ1n) is 10.8. The summed E-state index contributed by atoms with van der Waals surface area (Å²) in [5, 5.41) is 3.65. The zero-order chi connectivity index (χ0) is 22.3. The van der Waals surface area contributed by atoms with E-state index in [4.69, 9.17) is 4.74 Å². The largest absolute Gasteiger partial charge is 0.497 e. The number of methoxy groups -OCH3 is 1. The highest BCUT2D eigenvalue weighted by atomic mass is 32.2. The fourth-order valence-electron chi connectivity index (χ4n) is 3.87. The molecular weight excluding hydrogens is 422 g/mol. The maximum absolute atomic E-state index is 13.2. The summed E-state index contributed by atoms with van der Waals surface area (Å²) in [6.45, 7) is 0.412. The van der Waals surface area contributed by atoms with E-state index in [-0.39, 0.29) is 23.6 Å². The summed E-state index contributed by atoms with van der Waals surface area (Å²) < 4.78 is 5.20. The van der Waals surface area contributed by atoms with Gasteiger partial charge in [0.1, 0.15) is 11.4 Å². The number of ether oxygens (including phenoxy) is 1. The molecular formula is C25H27N3O3S. The van der Waals surface area contributed by atoms with Crippen LogP contribution in [0.25, 0.3) is 6.08 Å². The number of thioether (sulfide) groups is 1. The molecule has 2 aromatic carbocycles. The molecule has 32 heavy (non-hydrogen) atoms. The van der Waals surface area contributed by atoms with E-state index in [1.807, 2.05) is 54.6 Å².